The summed E-state index contributed by atoms with van der Waals surface area (Å²) in [5, 5.41) is 0. The van der Waals surface area contributed by atoms with Gasteiger partial charge in [0.1, 0.15) is 0 Å². The minimum Gasteiger partial charge on any atom is -0.302 e. The van der Waals surface area contributed by atoms with Crippen LogP contribution in [0.25, 0.3) is 0 Å². The summed E-state index contributed by atoms with van der Waals surface area (Å²) in [6.45, 7) is 2.61. The van der Waals surface area contributed by atoms with E-state index < -0.39 is 7.82 Å². The maximum Gasteiger partial charge on any atom is 0.472 e. The van der Waals surface area contributed by atoms with E-state index in [2.05, 4.69) is 6.92 Å². The standard InChI is InChI=1S/C11H24ClO4P/c1-2-3-4-5-6-7-10-15-17(13,14)16-11-8-9-12/h2-11H2,1H3,(H,13,14). The first kappa shape index (κ1) is 17.4. The second-order valence-electron chi connectivity index (χ2n) is 3.95. The van der Waals surface area contributed by atoms with Crippen molar-refractivity contribution in [1.82, 2.24) is 0 Å². The van der Waals surface area contributed by atoms with Gasteiger partial charge in [0.2, 0.25) is 0 Å². The Morgan fingerprint density at radius 3 is 2.12 bits per heavy atom. The summed E-state index contributed by atoms with van der Waals surface area (Å²) < 4.78 is 20.8. The highest BCUT2D eigenvalue weighted by Crippen LogP contribution is 2.43. The van der Waals surface area contributed by atoms with Crippen LogP contribution in [0.2, 0.25) is 0 Å². The number of halogens is 1. The number of unbranched alkanes of at least 4 members (excludes halogenated alkanes) is 5. The molecule has 1 N–H and O–H groups in total. The van der Waals surface area contributed by atoms with Gasteiger partial charge in [0.15, 0.2) is 0 Å². The highest BCUT2D eigenvalue weighted by atomic mass is 35.5. The van der Waals surface area contributed by atoms with Crippen LogP contribution < -0.4 is 0 Å². The Hall–Kier alpha value is 0.400. The van der Waals surface area contributed by atoms with Gasteiger partial charge in [-0.1, -0.05) is 39.0 Å². The van der Waals surface area contributed by atoms with Gasteiger partial charge in [-0.25, -0.2) is 4.57 Å². The lowest BCUT2D eigenvalue weighted by molar-refractivity contribution is 0.147. The van der Waals surface area contributed by atoms with Crippen molar-refractivity contribution in [2.45, 2.75) is 51.9 Å². The molecule has 0 saturated heterocycles. The Bertz CT molecular complexity index is 214. The van der Waals surface area contributed by atoms with Gasteiger partial charge in [-0.05, 0) is 12.8 Å². The first-order valence-electron chi connectivity index (χ1n) is 6.30. The van der Waals surface area contributed by atoms with Crippen LogP contribution in [0, 0.1) is 0 Å². The topological polar surface area (TPSA) is 55.8 Å². The highest BCUT2D eigenvalue weighted by Gasteiger charge is 2.19. The van der Waals surface area contributed by atoms with E-state index in [0.717, 1.165) is 19.3 Å². The predicted molar refractivity (Wildman–Crippen MR) is 70.4 cm³/mol. The first-order valence-corrected chi connectivity index (χ1v) is 8.33. The smallest absolute Gasteiger partial charge is 0.302 e. The lowest BCUT2D eigenvalue weighted by Crippen LogP contribution is -1.99. The molecule has 104 valence electrons. The van der Waals surface area contributed by atoms with Crippen LogP contribution in [0.4, 0.5) is 0 Å². The molecule has 0 aromatic carbocycles. The molecule has 0 aromatic heterocycles. The maximum absolute atomic E-state index is 11.3. The average molecular weight is 287 g/mol. The molecule has 4 nitrogen and oxygen atoms in total. The number of rotatable bonds is 12. The normalized spacial score (nSPS) is 14.8. The van der Waals surface area contributed by atoms with Gasteiger partial charge in [-0.3, -0.25) is 9.05 Å². The van der Waals surface area contributed by atoms with Gasteiger partial charge in [-0.2, -0.15) is 0 Å². The lowest BCUT2D eigenvalue weighted by Gasteiger charge is -2.11. The molecule has 0 radical (unpaired) electrons. The van der Waals surface area contributed by atoms with Gasteiger partial charge >= 0.3 is 7.82 Å². The average Bonchev–Trinajstić information content (AvgIpc) is 2.28. The van der Waals surface area contributed by atoms with Crippen molar-refractivity contribution < 1.29 is 18.5 Å². The molecule has 0 spiro atoms. The van der Waals surface area contributed by atoms with E-state index >= 15 is 0 Å². The summed E-state index contributed by atoms with van der Waals surface area (Å²) in [5.41, 5.74) is 0. The summed E-state index contributed by atoms with van der Waals surface area (Å²) in [5.74, 6) is 0.414. The molecule has 0 aliphatic carbocycles. The third-order valence-corrected chi connectivity index (χ3v) is 3.57. The predicted octanol–water partition coefficient (Wildman–Crippen LogP) is 4.11. The highest BCUT2D eigenvalue weighted by molar-refractivity contribution is 7.47. The summed E-state index contributed by atoms with van der Waals surface area (Å²) >= 11 is 5.43. The monoisotopic (exact) mass is 286 g/mol. The third-order valence-electron chi connectivity index (χ3n) is 2.28. The van der Waals surface area contributed by atoms with Crippen molar-refractivity contribution in [2.75, 3.05) is 19.1 Å². The third kappa shape index (κ3) is 12.6. The Morgan fingerprint density at radius 2 is 1.53 bits per heavy atom. The molecule has 0 aliphatic rings. The van der Waals surface area contributed by atoms with Crippen molar-refractivity contribution in [1.29, 1.82) is 0 Å². The molecule has 0 aromatic rings. The van der Waals surface area contributed by atoms with Gasteiger partial charge in [0, 0.05) is 5.88 Å². The van der Waals surface area contributed by atoms with Gasteiger partial charge in [0.25, 0.3) is 0 Å². The zero-order valence-electron chi connectivity index (χ0n) is 10.6. The number of alkyl halides is 1. The summed E-state index contributed by atoms with van der Waals surface area (Å²) in [7, 11) is -3.84. The Kier molecular flexibility index (Phi) is 11.8. The van der Waals surface area contributed by atoms with Crippen molar-refractivity contribution in [3.05, 3.63) is 0 Å². The van der Waals surface area contributed by atoms with Crippen molar-refractivity contribution >= 4 is 19.4 Å². The van der Waals surface area contributed by atoms with Crippen molar-refractivity contribution in [3.8, 4) is 0 Å². The first-order chi connectivity index (χ1) is 8.12. The van der Waals surface area contributed by atoms with Gasteiger partial charge in [0.05, 0.1) is 13.2 Å². The minimum absolute atomic E-state index is 0.160. The van der Waals surface area contributed by atoms with E-state index in [1.54, 1.807) is 0 Å². The zero-order valence-corrected chi connectivity index (χ0v) is 12.2. The molecule has 1 unspecified atom stereocenters. The fraction of sp³-hybridized carbons (Fsp3) is 1.00. The molecule has 1 atom stereocenters. The Labute approximate surface area is 109 Å². The molecule has 0 fully saturated rings. The SMILES string of the molecule is CCCCCCCCOP(=O)(O)OCCCCl. The van der Waals surface area contributed by atoms with E-state index in [-0.39, 0.29) is 13.2 Å². The fourth-order valence-electron chi connectivity index (χ4n) is 1.33. The number of hydrogen-bond donors (Lipinski definition) is 1. The second-order valence-corrected chi connectivity index (χ2v) is 5.78. The molecule has 0 saturated carbocycles. The van der Waals surface area contributed by atoms with Crippen LogP contribution in [0.1, 0.15) is 51.9 Å². The molecule has 0 amide bonds. The number of phosphoric acid groups is 1. The van der Waals surface area contributed by atoms with Crippen LogP contribution >= 0.6 is 19.4 Å². The number of phosphoric ester groups is 1. The van der Waals surface area contributed by atoms with E-state index in [4.69, 9.17) is 20.6 Å². The lowest BCUT2D eigenvalue weighted by atomic mass is 10.1. The zero-order chi connectivity index (χ0) is 13.0. The number of hydrogen-bond acceptors (Lipinski definition) is 3. The van der Waals surface area contributed by atoms with E-state index in [0.29, 0.717) is 12.3 Å². The summed E-state index contributed by atoms with van der Waals surface area (Å²) in [6, 6.07) is 0. The van der Waals surface area contributed by atoms with E-state index in [1.165, 1.54) is 19.3 Å². The molecule has 0 aliphatic heterocycles. The second kappa shape index (κ2) is 11.5. The van der Waals surface area contributed by atoms with Gasteiger partial charge in [-0.15, -0.1) is 11.6 Å². The molecule has 0 heterocycles. The maximum atomic E-state index is 11.3. The molecule has 6 heteroatoms. The van der Waals surface area contributed by atoms with Crippen LogP contribution in [0.5, 0.6) is 0 Å². The fourth-order valence-corrected chi connectivity index (χ4v) is 2.24. The molecular weight excluding hydrogens is 263 g/mol. The van der Waals surface area contributed by atoms with Crippen LogP contribution in [-0.2, 0) is 13.6 Å². The van der Waals surface area contributed by atoms with Crippen LogP contribution in [-0.4, -0.2) is 24.0 Å². The largest absolute Gasteiger partial charge is 0.472 e. The van der Waals surface area contributed by atoms with Crippen LogP contribution in [0.15, 0.2) is 0 Å². The Morgan fingerprint density at radius 1 is 1.00 bits per heavy atom. The Balaban J connectivity index is 3.36. The molecular formula is C11H24ClO4P. The van der Waals surface area contributed by atoms with Crippen molar-refractivity contribution in [3.63, 3.8) is 0 Å². The molecule has 0 bridgehead atoms. The van der Waals surface area contributed by atoms with E-state index in [9.17, 15) is 9.46 Å². The minimum atomic E-state index is -3.84. The van der Waals surface area contributed by atoms with Gasteiger partial charge < -0.3 is 4.89 Å². The summed E-state index contributed by atoms with van der Waals surface area (Å²) in [6.07, 6.45) is 7.22. The van der Waals surface area contributed by atoms with E-state index in [1.807, 2.05) is 0 Å². The van der Waals surface area contributed by atoms with Crippen LogP contribution in [0.3, 0.4) is 0 Å². The summed E-state index contributed by atoms with van der Waals surface area (Å²) in [4.78, 5) is 9.25. The quantitative estimate of drug-likeness (QED) is 0.333. The van der Waals surface area contributed by atoms with Crippen molar-refractivity contribution in [2.24, 2.45) is 0 Å². The molecule has 0 rings (SSSR count). The molecule has 17 heavy (non-hydrogen) atoms.